The van der Waals surface area contributed by atoms with Crippen molar-refractivity contribution in [2.45, 2.75) is 19.1 Å². The number of nitrogens with one attached hydrogen (secondary N) is 1. The van der Waals surface area contributed by atoms with E-state index in [2.05, 4.69) is 9.88 Å². The molecule has 0 bridgehead atoms. The van der Waals surface area contributed by atoms with Gasteiger partial charge in [-0.3, -0.25) is 9.69 Å². The molecule has 1 aromatic carbocycles. The normalized spacial score (nSPS) is 17.0. The summed E-state index contributed by atoms with van der Waals surface area (Å²) in [7, 11) is 0. The molecule has 6 heteroatoms. The van der Waals surface area contributed by atoms with Crippen LogP contribution in [0, 0.1) is 5.82 Å². The van der Waals surface area contributed by atoms with Crippen molar-refractivity contribution in [3.05, 3.63) is 83.8 Å². The van der Waals surface area contributed by atoms with Crippen molar-refractivity contribution in [2.24, 2.45) is 0 Å². The smallest absolute Gasteiger partial charge is 0.234 e. The molecular weight excluding hydrogens is 333 g/mol. The number of benzene rings is 1. The molecule has 1 aliphatic heterocycles. The quantitative estimate of drug-likeness (QED) is 0.767. The predicted octanol–water partition coefficient (Wildman–Crippen LogP) is 2.94. The standard InChI is InChI=1S/C20H20FN3O2/c21-17-7-2-1-6-16(17)20-18-8-3-9-23(18)10-11-24(20)14-19(25)22-13-15-5-4-12-26-15/h1-9,12,20H,10-11,13-14H2,(H,22,25)/t20-/m1/s1. The molecule has 0 spiro atoms. The summed E-state index contributed by atoms with van der Waals surface area (Å²) in [5.41, 5.74) is 1.59. The molecule has 4 rings (SSSR count). The van der Waals surface area contributed by atoms with E-state index in [1.54, 1.807) is 24.5 Å². The van der Waals surface area contributed by atoms with E-state index in [1.165, 1.54) is 6.07 Å². The Balaban J connectivity index is 1.54. The fourth-order valence-corrected chi connectivity index (χ4v) is 3.49. The van der Waals surface area contributed by atoms with E-state index in [1.807, 2.05) is 35.4 Å². The maximum atomic E-state index is 14.5. The number of hydrogen-bond donors (Lipinski definition) is 1. The number of aromatic nitrogens is 1. The Morgan fingerprint density at radius 3 is 2.85 bits per heavy atom. The van der Waals surface area contributed by atoms with Crippen LogP contribution in [0.25, 0.3) is 0 Å². The zero-order valence-corrected chi connectivity index (χ0v) is 14.3. The first-order valence-corrected chi connectivity index (χ1v) is 8.65. The van der Waals surface area contributed by atoms with Gasteiger partial charge in [0.25, 0.3) is 0 Å². The lowest BCUT2D eigenvalue weighted by Crippen LogP contribution is -2.44. The molecule has 134 valence electrons. The van der Waals surface area contributed by atoms with Crippen molar-refractivity contribution in [1.29, 1.82) is 0 Å². The zero-order chi connectivity index (χ0) is 17.9. The molecule has 3 heterocycles. The molecule has 1 N–H and O–H groups in total. The number of carbonyl (C=O) groups excluding carboxylic acids is 1. The number of rotatable bonds is 5. The molecule has 26 heavy (non-hydrogen) atoms. The number of carbonyl (C=O) groups is 1. The fourth-order valence-electron chi connectivity index (χ4n) is 3.49. The van der Waals surface area contributed by atoms with Gasteiger partial charge in [-0.2, -0.15) is 0 Å². The third-order valence-electron chi connectivity index (χ3n) is 4.72. The predicted molar refractivity (Wildman–Crippen MR) is 94.8 cm³/mol. The van der Waals surface area contributed by atoms with Crippen LogP contribution in [0.4, 0.5) is 4.39 Å². The average Bonchev–Trinajstić information content (AvgIpc) is 3.32. The minimum Gasteiger partial charge on any atom is -0.467 e. The van der Waals surface area contributed by atoms with Crippen LogP contribution in [-0.4, -0.2) is 28.5 Å². The second kappa shape index (κ2) is 7.17. The number of halogens is 1. The van der Waals surface area contributed by atoms with Gasteiger partial charge in [-0.15, -0.1) is 0 Å². The largest absolute Gasteiger partial charge is 0.467 e. The molecule has 0 radical (unpaired) electrons. The molecule has 1 aliphatic rings. The Morgan fingerprint density at radius 1 is 1.15 bits per heavy atom. The Kier molecular flexibility index (Phi) is 4.58. The second-order valence-electron chi connectivity index (χ2n) is 6.38. The number of hydrogen-bond acceptors (Lipinski definition) is 3. The lowest BCUT2D eigenvalue weighted by Gasteiger charge is -2.37. The van der Waals surface area contributed by atoms with Gasteiger partial charge in [-0.05, 0) is 30.3 Å². The van der Waals surface area contributed by atoms with Crippen LogP contribution >= 0.6 is 0 Å². The van der Waals surface area contributed by atoms with Crippen molar-refractivity contribution in [3.8, 4) is 0 Å². The van der Waals surface area contributed by atoms with Gasteiger partial charge in [0.2, 0.25) is 5.91 Å². The maximum absolute atomic E-state index is 14.5. The number of nitrogens with zero attached hydrogens (tertiary/aromatic N) is 2. The lowest BCUT2D eigenvalue weighted by atomic mass is 9.99. The molecule has 0 fully saturated rings. The summed E-state index contributed by atoms with van der Waals surface area (Å²) in [6, 6.07) is 14.0. The summed E-state index contributed by atoms with van der Waals surface area (Å²) < 4.78 is 21.8. The van der Waals surface area contributed by atoms with Crippen molar-refractivity contribution < 1.29 is 13.6 Å². The minimum atomic E-state index is -0.283. The SMILES string of the molecule is O=C(CN1CCn2cccc2[C@H]1c1ccccc1F)NCc1ccco1. The average molecular weight is 353 g/mol. The van der Waals surface area contributed by atoms with Gasteiger partial charge in [0.15, 0.2) is 0 Å². The minimum absolute atomic E-state index is 0.109. The van der Waals surface area contributed by atoms with Crippen LogP contribution in [0.5, 0.6) is 0 Å². The highest BCUT2D eigenvalue weighted by Crippen LogP contribution is 2.33. The molecule has 0 unspecified atom stereocenters. The van der Waals surface area contributed by atoms with Crippen LogP contribution in [0.15, 0.2) is 65.4 Å². The molecule has 1 amide bonds. The first-order valence-electron chi connectivity index (χ1n) is 8.65. The highest BCUT2D eigenvalue weighted by molar-refractivity contribution is 5.78. The Hall–Kier alpha value is -2.86. The molecule has 0 saturated heterocycles. The van der Waals surface area contributed by atoms with Crippen LogP contribution in [0.2, 0.25) is 0 Å². The zero-order valence-electron chi connectivity index (χ0n) is 14.3. The number of fused-ring (bicyclic) bond motifs is 1. The monoisotopic (exact) mass is 353 g/mol. The summed E-state index contributed by atoms with van der Waals surface area (Å²) in [5.74, 6) is 0.340. The fraction of sp³-hybridized carbons (Fsp3) is 0.250. The van der Waals surface area contributed by atoms with Crippen molar-refractivity contribution in [2.75, 3.05) is 13.1 Å². The topological polar surface area (TPSA) is 50.4 Å². The molecule has 0 aliphatic carbocycles. The van der Waals surface area contributed by atoms with Crippen molar-refractivity contribution in [1.82, 2.24) is 14.8 Å². The first kappa shape index (κ1) is 16.6. The lowest BCUT2D eigenvalue weighted by molar-refractivity contribution is -0.123. The van der Waals surface area contributed by atoms with Crippen molar-refractivity contribution >= 4 is 5.91 Å². The van der Waals surface area contributed by atoms with E-state index in [0.29, 0.717) is 24.4 Å². The van der Waals surface area contributed by atoms with Gasteiger partial charge in [0.05, 0.1) is 25.4 Å². The number of amides is 1. The van der Waals surface area contributed by atoms with E-state index >= 15 is 0 Å². The van der Waals surface area contributed by atoms with E-state index in [4.69, 9.17) is 4.42 Å². The van der Waals surface area contributed by atoms with Gasteiger partial charge in [0, 0.05) is 30.5 Å². The summed E-state index contributed by atoms with van der Waals surface area (Å²) >= 11 is 0. The second-order valence-corrected chi connectivity index (χ2v) is 6.38. The van der Waals surface area contributed by atoms with Gasteiger partial charge >= 0.3 is 0 Å². The van der Waals surface area contributed by atoms with Crippen LogP contribution in [-0.2, 0) is 17.9 Å². The summed E-state index contributed by atoms with van der Waals surface area (Å²) in [5, 5.41) is 2.86. The van der Waals surface area contributed by atoms with Crippen LogP contribution in [0.3, 0.4) is 0 Å². The maximum Gasteiger partial charge on any atom is 0.234 e. The van der Waals surface area contributed by atoms with E-state index in [-0.39, 0.29) is 24.3 Å². The van der Waals surface area contributed by atoms with Crippen molar-refractivity contribution in [3.63, 3.8) is 0 Å². The Bertz CT molecular complexity index is 888. The summed E-state index contributed by atoms with van der Waals surface area (Å²) in [6.45, 7) is 2.00. The molecule has 2 aromatic heterocycles. The molecule has 3 aromatic rings. The first-order chi connectivity index (χ1) is 12.7. The molecule has 1 atom stereocenters. The van der Waals surface area contributed by atoms with Gasteiger partial charge in [-0.25, -0.2) is 4.39 Å². The van der Waals surface area contributed by atoms with Gasteiger partial charge in [-0.1, -0.05) is 18.2 Å². The Labute approximate surface area is 151 Å². The highest BCUT2D eigenvalue weighted by Gasteiger charge is 2.31. The molecule has 0 saturated carbocycles. The summed E-state index contributed by atoms with van der Waals surface area (Å²) in [6.07, 6.45) is 3.58. The molecular formula is C20H20FN3O2. The third-order valence-corrected chi connectivity index (χ3v) is 4.72. The number of furan rings is 1. The summed E-state index contributed by atoms with van der Waals surface area (Å²) in [4.78, 5) is 14.4. The molecule has 5 nitrogen and oxygen atoms in total. The van der Waals surface area contributed by atoms with Crippen LogP contribution < -0.4 is 5.32 Å². The Morgan fingerprint density at radius 2 is 2.04 bits per heavy atom. The third kappa shape index (κ3) is 3.28. The van der Waals surface area contributed by atoms with Gasteiger partial charge in [0.1, 0.15) is 11.6 Å². The van der Waals surface area contributed by atoms with E-state index in [9.17, 15) is 9.18 Å². The van der Waals surface area contributed by atoms with Crippen LogP contribution in [0.1, 0.15) is 23.1 Å². The van der Waals surface area contributed by atoms with Gasteiger partial charge < -0.3 is 14.3 Å². The van der Waals surface area contributed by atoms with E-state index in [0.717, 1.165) is 12.2 Å². The highest BCUT2D eigenvalue weighted by atomic mass is 19.1. The van der Waals surface area contributed by atoms with E-state index < -0.39 is 0 Å².